The Morgan fingerprint density at radius 1 is 1.56 bits per heavy atom. The molecule has 1 rings (SSSR count). The average Bonchev–Trinajstić information content (AvgIpc) is 2.26. The van der Waals surface area contributed by atoms with Crippen LogP contribution in [-0.4, -0.2) is 34.3 Å². The lowest BCUT2D eigenvalue weighted by Crippen LogP contribution is -2.34. The van der Waals surface area contributed by atoms with Gasteiger partial charge < -0.3 is 26.4 Å². The Morgan fingerprint density at radius 3 is 2.69 bits per heavy atom. The van der Waals surface area contributed by atoms with E-state index in [1.807, 2.05) is 0 Å². The SMILES string of the molecule is COc1ncc(N)cc1C(O)C(O)C(N)=O. The largest absolute Gasteiger partial charge is 0.481 e. The molecule has 1 heterocycles. The summed E-state index contributed by atoms with van der Waals surface area (Å²) < 4.78 is 4.86. The van der Waals surface area contributed by atoms with Crippen molar-refractivity contribution in [3.63, 3.8) is 0 Å². The van der Waals surface area contributed by atoms with E-state index in [-0.39, 0.29) is 17.1 Å². The van der Waals surface area contributed by atoms with Crippen molar-refractivity contribution in [2.75, 3.05) is 12.8 Å². The summed E-state index contributed by atoms with van der Waals surface area (Å²) in [6, 6.07) is 1.35. The van der Waals surface area contributed by atoms with Crippen molar-refractivity contribution in [1.82, 2.24) is 4.98 Å². The van der Waals surface area contributed by atoms with E-state index in [9.17, 15) is 15.0 Å². The molecule has 7 heteroatoms. The zero-order chi connectivity index (χ0) is 12.3. The van der Waals surface area contributed by atoms with Crippen LogP contribution in [0.25, 0.3) is 0 Å². The molecule has 7 nitrogen and oxygen atoms in total. The molecule has 0 saturated carbocycles. The van der Waals surface area contributed by atoms with E-state index in [1.54, 1.807) is 0 Å². The monoisotopic (exact) mass is 227 g/mol. The number of nitrogen functional groups attached to an aromatic ring is 1. The first-order chi connectivity index (χ1) is 7.47. The van der Waals surface area contributed by atoms with Crippen LogP contribution in [0.1, 0.15) is 11.7 Å². The Hall–Kier alpha value is -1.86. The minimum Gasteiger partial charge on any atom is -0.481 e. The molecule has 1 aromatic rings. The van der Waals surface area contributed by atoms with Crippen LogP contribution >= 0.6 is 0 Å². The third kappa shape index (κ3) is 2.38. The van der Waals surface area contributed by atoms with Gasteiger partial charge in [-0.25, -0.2) is 4.98 Å². The number of anilines is 1. The predicted octanol–water partition coefficient (Wildman–Crippen LogP) is -1.45. The molecule has 0 spiro atoms. The van der Waals surface area contributed by atoms with E-state index in [1.165, 1.54) is 19.4 Å². The summed E-state index contributed by atoms with van der Waals surface area (Å²) >= 11 is 0. The Labute approximate surface area is 91.7 Å². The van der Waals surface area contributed by atoms with Crippen LogP contribution in [0.4, 0.5) is 5.69 Å². The second-order valence-corrected chi connectivity index (χ2v) is 3.16. The van der Waals surface area contributed by atoms with Gasteiger partial charge in [0.05, 0.1) is 19.0 Å². The molecule has 2 unspecified atom stereocenters. The Balaban J connectivity index is 3.10. The molecule has 0 bridgehead atoms. The number of aliphatic hydroxyl groups excluding tert-OH is 2. The molecule has 0 aliphatic heterocycles. The molecule has 1 aromatic heterocycles. The van der Waals surface area contributed by atoms with Crippen LogP contribution < -0.4 is 16.2 Å². The fraction of sp³-hybridized carbons (Fsp3) is 0.333. The van der Waals surface area contributed by atoms with Gasteiger partial charge in [-0.3, -0.25) is 4.79 Å². The standard InChI is InChI=1S/C9H13N3O4/c1-16-9-5(2-4(10)3-12-9)6(13)7(14)8(11)15/h2-3,6-7,13-14H,10H2,1H3,(H2,11,15). The van der Waals surface area contributed by atoms with Crippen LogP contribution in [0, 0.1) is 0 Å². The lowest BCUT2D eigenvalue weighted by molar-refractivity contribution is -0.132. The number of primary amides is 1. The molecule has 0 radical (unpaired) electrons. The number of carbonyl (C=O) groups is 1. The summed E-state index contributed by atoms with van der Waals surface area (Å²) in [5, 5.41) is 19.0. The number of carbonyl (C=O) groups excluding carboxylic acids is 1. The van der Waals surface area contributed by atoms with Crippen LogP contribution in [0.2, 0.25) is 0 Å². The fourth-order valence-corrected chi connectivity index (χ4v) is 1.19. The van der Waals surface area contributed by atoms with Crippen LogP contribution in [-0.2, 0) is 4.79 Å². The third-order valence-corrected chi connectivity index (χ3v) is 2.00. The molecule has 88 valence electrons. The molecule has 1 amide bonds. The number of hydrogen-bond acceptors (Lipinski definition) is 6. The molecule has 2 atom stereocenters. The second kappa shape index (κ2) is 4.77. The first kappa shape index (κ1) is 12.2. The highest BCUT2D eigenvalue weighted by molar-refractivity contribution is 5.79. The van der Waals surface area contributed by atoms with E-state index in [0.29, 0.717) is 0 Å². The van der Waals surface area contributed by atoms with E-state index in [4.69, 9.17) is 16.2 Å². The van der Waals surface area contributed by atoms with Crippen molar-refractivity contribution in [2.24, 2.45) is 5.73 Å². The lowest BCUT2D eigenvalue weighted by atomic mass is 10.1. The summed E-state index contributed by atoms with van der Waals surface area (Å²) in [5.41, 5.74) is 10.7. The van der Waals surface area contributed by atoms with Crippen molar-refractivity contribution < 1.29 is 19.7 Å². The normalized spacial score (nSPS) is 14.2. The third-order valence-electron chi connectivity index (χ3n) is 2.00. The lowest BCUT2D eigenvalue weighted by Gasteiger charge is -2.17. The molecule has 0 aromatic carbocycles. The smallest absolute Gasteiger partial charge is 0.249 e. The van der Waals surface area contributed by atoms with Gasteiger partial charge in [0.15, 0.2) is 6.10 Å². The van der Waals surface area contributed by atoms with Gasteiger partial charge in [-0.05, 0) is 6.07 Å². The van der Waals surface area contributed by atoms with E-state index >= 15 is 0 Å². The molecule has 6 N–H and O–H groups in total. The first-order valence-corrected chi connectivity index (χ1v) is 4.42. The van der Waals surface area contributed by atoms with E-state index < -0.39 is 18.1 Å². The maximum atomic E-state index is 10.7. The van der Waals surface area contributed by atoms with Gasteiger partial charge in [-0.2, -0.15) is 0 Å². The zero-order valence-electron chi connectivity index (χ0n) is 8.62. The van der Waals surface area contributed by atoms with Gasteiger partial charge in [-0.15, -0.1) is 0 Å². The quantitative estimate of drug-likeness (QED) is 0.497. The Morgan fingerprint density at radius 2 is 2.19 bits per heavy atom. The topological polar surface area (TPSA) is 132 Å². The van der Waals surface area contributed by atoms with Crippen molar-refractivity contribution in [3.8, 4) is 5.88 Å². The highest BCUT2D eigenvalue weighted by Crippen LogP contribution is 2.26. The second-order valence-electron chi connectivity index (χ2n) is 3.16. The Kier molecular flexibility index (Phi) is 3.64. The van der Waals surface area contributed by atoms with Crippen LogP contribution in [0.3, 0.4) is 0 Å². The molecular formula is C9H13N3O4. The van der Waals surface area contributed by atoms with Crippen molar-refractivity contribution in [2.45, 2.75) is 12.2 Å². The van der Waals surface area contributed by atoms with Crippen LogP contribution in [0.15, 0.2) is 12.3 Å². The van der Waals surface area contributed by atoms with Crippen LogP contribution in [0.5, 0.6) is 5.88 Å². The minimum atomic E-state index is -1.74. The highest BCUT2D eigenvalue weighted by Gasteiger charge is 2.26. The van der Waals surface area contributed by atoms with Crippen molar-refractivity contribution >= 4 is 11.6 Å². The zero-order valence-corrected chi connectivity index (χ0v) is 8.62. The minimum absolute atomic E-state index is 0.0713. The maximum Gasteiger partial charge on any atom is 0.249 e. The highest BCUT2D eigenvalue weighted by atomic mass is 16.5. The van der Waals surface area contributed by atoms with Gasteiger partial charge >= 0.3 is 0 Å². The number of rotatable bonds is 4. The molecule has 0 saturated heterocycles. The van der Waals surface area contributed by atoms with Crippen molar-refractivity contribution in [1.29, 1.82) is 0 Å². The summed E-state index contributed by atoms with van der Waals surface area (Å²) in [6.45, 7) is 0. The number of nitrogens with two attached hydrogens (primary N) is 2. The van der Waals surface area contributed by atoms with Gasteiger partial charge in [0.25, 0.3) is 0 Å². The number of amides is 1. The van der Waals surface area contributed by atoms with E-state index in [2.05, 4.69) is 4.98 Å². The van der Waals surface area contributed by atoms with Gasteiger partial charge in [0.1, 0.15) is 6.10 Å². The number of methoxy groups -OCH3 is 1. The summed E-state index contributed by atoms with van der Waals surface area (Å²) in [5.74, 6) is -0.973. The number of aromatic nitrogens is 1. The fourth-order valence-electron chi connectivity index (χ4n) is 1.19. The number of ether oxygens (including phenoxy) is 1. The predicted molar refractivity (Wildman–Crippen MR) is 55.4 cm³/mol. The maximum absolute atomic E-state index is 10.7. The molecule has 0 aliphatic rings. The first-order valence-electron chi connectivity index (χ1n) is 4.42. The molecular weight excluding hydrogens is 214 g/mol. The average molecular weight is 227 g/mol. The number of hydrogen-bond donors (Lipinski definition) is 4. The Bertz CT molecular complexity index is 396. The van der Waals surface area contributed by atoms with Gasteiger partial charge in [0, 0.05) is 5.56 Å². The number of aliphatic hydroxyl groups is 2. The number of nitrogens with zero attached hydrogens (tertiary/aromatic N) is 1. The summed E-state index contributed by atoms with van der Waals surface area (Å²) in [4.78, 5) is 14.5. The number of pyridine rings is 1. The van der Waals surface area contributed by atoms with Gasteiger partial charge in [0.2, 0.25) is 11.8 Å². The van der Waals surface area contributed by atoms with Crippen molar-refractivity contribution in [3.05, 3.63) is 17.8 Å². The van der Waals surface area contributed by atoms with Gasteiger partial charge in [-0.1, -0.05) is 0 Å². The molecule has 0 aliphatic carbocycles. The molecule has 16 heavy (non-hydrogen) atoms. The summed E-state index contributed by atoms with van der Waals surface area (Å²) in [7, 11) is 1.34. The van der Waals surface area contributed by atoms with E-state index in [0.717, 1.165) is 0 Å². The summed E-state index contributed by atoms with van der Waals surface area (Å²) in [6.07, 6.45) is -1.94. The molecule has 0 fully saturated rings.